The number of fused-ring (bicyclic) bond motifs is 2. The van der Waals surface area contributed by atoms with Gasteiger partial charge in [0.15, 0.2) is 0 Å². The molecule has 164 valence electrons. The summed E-state index contributed by atoms with van der Waals surface area (Å²) in [7, 11) is 0. The maximum atomic E-state index is 12.9. The minimum atomic E-state index is -0.707. The number of phenols is 1. The van der Waals surface area contributed by atoms with Crippen LogP contribution >= 0.6 is 11.3 Å². The Morgan fingerprint density at radius 2 is 1.94 bits per heavy atom. The highest BCUT2D eigenvalue weighted by molar-refractivity contribution is 7.20. The number of carbonyl (C=O) groups excluding carboxylic acids is 1. The standard InChI is InChI=1S/C24H17N3O5S/c1-11-4-3-5-14(8-11)25-22(30)19-12(2)18-21(29)26-20(27-23(18)33-19)16-9-13-6-7-15(28)10-17(13)32-24(16)31/h3-10,28H,1-2H3,(H,25,30)(H,26,27,29). The van der Waals surface area contributed by atoms with Crippen molar-refractivity contribution in [2.24, 2.45) is 0 Å². The van der Waals surface area contributed by atoms with Crippen LogP contribution in [0.4, 0.5) is 5.69 Å². The van der Waals surface area contributed by atoms with Gasteiger partial charge in [0.25, 0.3) is 11.5 Å². The molecule has 0 bridgehead atoms. The molecule has 0 atom stereocenters. The number of rotatable bonds is 3. The Hall–Kier alpha value is -4.24. The Morgan fingerprint density at radius 3 is 2.73 bits per heavy atom. The zero-order valence-corrected chi connectivity index (χ0v) is 18.4. The Balaban J connectivity index is 1.60. The zero-order chi connectivity index (χ0) is 23.3. The second kappa shape index (κ2) is 7.72. The van der Waals surface area contributed by atoms with Gasteiger partial charge in [-0.1, -0.05) is 12.1 Å². The smallest absolute Gasteiger partial charge is 0.347 e. The summed E-state index contributed by atoms with van der Waals surface area (Å²) < 4.78 is 5.28. The number of nitrogens with one attached hydrogen (secondary N) is 2. The summed E-state index contributed by atoms with van der Waals surface area (Å²) in [4.78, 5) is 46.1. The number of aromatic amines is 1. The Kier molecular flexibility index (Phi) is 4.83. The molecule has 5 rings (SSSR count). The first-order chi connectivity index (χ1) is 15.8. The van der Waals surface area contributed by atoms with Crippen LogP contribution in [0.5, 0.6) is 5.75 Å². The first kappa shape index (κ1) is 20.7. The van der Waals surface area contributed by atoms with Gasteiger partial charge in [0, 0.05) is 17.1 Å². The molecule has 3 heterocycles. The van der Waals surface area contributed by atoms with Gasteiger partial charge in [0.05, 0.1) is 10.3 Å². The molecular weight excluding hydrogens is 442 g/mol. The van der Waals surface area contributed by atoms with E-state index in [4.69, 9.17) is 4.42 Å². The van der Waals surface area contributed by atoms with Gasteiger partial charge in [0.2, 0.25) is 0 Å². The summed E-state index contributed by atoms with van der Waals surface area (Å²) in [6, 6.07) is 13.3. The van der Waals surface area contributed by atoms with E-state index in [0.29, 0.717) is 31.7 Å². The average molecular weight is 459 g/mol. The molecule has 0 unspecified atom stereocenters. The van der Waals surface area contributed by atoms with E-state index in [-0.39, 0.29) is 28.6 Å². The number of H-pyrrole nitrogens is 1. The molecule has 33 heavy (non-hydrogen) atoms. The molecule has 0 aliphatic heterocycles. The molecule has 0 spiro atoms. The number of amides is 1. The minimum absolute atomic E-state index is 0.0307. The first-order valence-electron chi connectivity index (χ1n) is 9.99. The second-order valence-corrected chi connectivity index (χ2v) is 8.64. The summed E-state index contributed by atoms with van der Waals surface area (Å²) in [6.07, 6.45) is 0. The summed E-state index contributed by atoms with van der Waals surface area (Å²) in [5, 5.41) is 13.3. The van der Waals surface area contributed by atoms with E-state index in [0.717, 1.165) is 16.9 Å². The third-order valence-corrected chi connectivity index (χ3v) is 6.44. The average Bonchev–Trinajstić information content (AvgIpc) is 3.10. The molecule has 0 aliphatic carbocycles. The Bertz CT molecular complexity index is 1700. The molecule has 0 saturated heterocycles. The molecule has 0 saturated carbocycles. The highest BCUT2D eigenvalue weighted by atomic mass is 32.1. The van der Waals surface area contributed by atoms with Crippen LogP contribution < -0.4 is 16.5 Å². The van der Waals surface area contributed by atoms with Gasteiger partial charge in [-0.15, -0.1) is 11.3 Å². The largest absolute Gasteiger partial charge is 0.508 e. The fourth-order valence-corrected chi connectivity index (χ4v) is 4.74. The number of aromatic hydroxyl groups is 1. The second-order valence-electron chi connectivity index (χ2n) is 7.64. The molecule has 3 aromatic heterocycles. The molecule has 0 radical (unpaired) electrons. The SMILES string of the molecule is Cc1cccc(NC(=O)c2sc3nc(-c4cc5ccc(O)cc5oc4=O)[nH]c(=O)c3c2C)c1. The van der Waals surface area contributed by atoms with E-state index >= 15 is 0 Å². The highest BCUT2D eigenvalue weighted by Crippen LogP contribution is 2.29. The summed E-state index contributed by atoms with van der Waals surface area (Å²) in [5.41, 5.74) is 1.30. The number of carbonyl (C=O) groups is 1. The number of hydrogen-bond donors (Lipinski definition) is 3. The lowest BCUT2D eigenvalue weighted by Gasteiger charge is -2.05. The number of aryl methyl sites for hydroxylation is 2. The summed E-state index contributed by atoms with van der Waals surface area (Å²) in [6.45, 7) is 3.62. The fraction of sp³-hybridized carbons (Fsp3) is 0.0833. The van der Waals surface area contributed by atoms with Gasteiger partial charge in [-0.2, -0.15) is 0 Å². The number of thiophene rings is 1. The molecule has 9 heteroatoms. The maximum absolute atomic E-state index is 12.9. The van der Waals surface area contributed by atoms with Crippen molar-refractivity contribution in [1.29, 1.82) is 0 Å². The van der Waals surface area contributed by atoms with Crippen molar-refractivity contribution in [3.63, 3.8) is 0 Å². The number of anilines is 1. The van der Waals surface area contributed by atoms with E-state index in [9.17, 15) is 19.5 Å². The zero-order valence-electron chi connectivity index (χ0n) is 17.6. The van der Waals surface area contributed by atoms with Crippen LogP contribution in [-0.2, 0) is 0 Å². The number of aromatic nitrogens is 2. The normalized spacial score (nSPS) is 11.2. The van der Waals surface area contributed by atoms with Crippen molar-refractivity contribution < 1.29 is 14.3 Å². The van der Waals surface area contributed by atoms with E-state index < -0.39 is 11.2 Å². The van der Waals surface area contributed by atoms with Gasteiger partial charge < -0.3 is 19.8 Å². The fourth-order valence-electron chi connectivity index (χ4n) is 3.66. The van der Waals surface area contributed by atoms with Crippen molar-refractivity contribution in [2.45, 2.75) is 13.8 Å². The topological polar surface area (TPSA) is 125 Å². The summed E-state index contributed by atoms with van der Waals surface area (Å²) >= 11 is 1.08. The molecule has 0 fully saturated rings. The third-order valence-electron chi connectivity index (χ3n) is 5.26. The first-order valence-corrected chi connectivity index (χ1v) is 10.8. The lowest BCUT2D eigenvalue weighted by atomic mass is 10.1. The van der Waals surface area contributed by atoms with Gasteiger partial charge in [-0.05, 0) is 55.3 Å². The van der Waals surface area contributed by atoms with Crippen molar-refractivity contribution >= 4 is 44.1 Å². The van der Waals surface area contributed by atoms with Crippen molar-refractivity contribution in [1.82, 2.24) is 9.97 Å². The molecule has 2 aromatic carbocycles. The van der Waals surface area contributed by atoms with E-state index in [2.05, 4.69) is 15.3 Å². The van der Waals surface area contributed by atoms with E-state index in [1.165, 1.54) is 18.2 Å². The molecule has 1 amide bonds. The molecular formula is C24H17N3O5S. The van der Waals surface area contributed by atoms with Crippen LogP contribution in [0.2, 0.25) is 0 Å². The molecule has 3 N–H and O–H groups in total. The Morgan fingerprint density at radius 1 is 1.12 bits per heavy atom. The van der Waals surface area contributed by atoms with Gasteiger partial charge in [-0.25, -0.2) is 9.78 Å². The van der Waals surface area contributed by atoms with E-state index in [1.54, 1.807) is 19.1 Å². The predicted molar refractivity (Wildman–Crippen MR) is 127 cm³/mol. The van der Waals surface area contributed by atoms with Crippen molar-refractivity contribution in [3.05, 3.63) is 85.3 Å². The molecule has 8 nitrogen and oxygen atoms in total. The quantitative estimate of drug-likeness (QED) is 0.345. The maximum Gasteiger partial charge on any atom is 0.347 e. The van der Waals surface area contributed by atoms with Crippen LogP contribution in [0.25, 0.3) is 32.6 Å². The number of hydrogen-bond acceptors (Lipinski definition) is 7. The lowest BCUT2D eigenvalue weighted by molar-refractivity contribution is 0.103. The van der Waals surface area contributed by atoms with Crippen LogP contribution in [0.1, 0.15) is 20.8 Å². The van der Waals surface area contributed by atoms with Gasteiger partial charge in [-0.3, -0.25) is 9.59 Å². The lowest BCUT2D eigenvalue weighted by Crippen LogP contribution is -2.14. The number of benzene rings is 2. The summed E-state index contributed by atoms with van der Waals surface area (Å²) in [5.74, 6) is -0.327. The number of phenolic OH excluding ortho intramolecular Hbond substituents is 1. The van der Waals surface area contributed by atoms with Crippen LogP contribution in [0.15, 0.2) is 62.5 Å². The third kappa shape index (κ3) is 3.68. The van der Waals surface area contributed by atoms with Gasteiger partial charge >= 0.3 is 5.63 Å². The molecule has 5 aromatic rings. The van der Waals surface area contributed by atoms with Crippen LogP contribution in [0.3, 0.4) is 0 Å². The minimum Gasteiger partial charge on any atom is -0.508 e. The van der Waals surface area contributed by atoms with Crippen LogP contribution in [0, 0.1) is 13.8 Å². The van der Waals surface area contributed by atoms with Crippen molar-refractivity contribution in [3.8, 4) is 17.1 Å². The predicted octanol–water partition coefficient (Wildman–Crippen LogP) is 4.33. The Labute approximate surface area is 190 Å². The molecule has 0 aliphatic rings. The van der Waals surface area contributed by atoms with Gasteiger partial charge in [0.1, 0.15) is 27.6 Å². The van der Waals surface area contributed by atoms with Crippen molar-refractivity contribution in [2.75, 3.05) is 5.32 Å². The monoisotopic (exact) mass is 459 g/mol. The highest BCUT2D eigenvalue weighted by Gasteiger charge is 2.21. The number of nitrogens with zero attached hydrogens (tertiary/aromatic N) is 1. The van der Waals surface area contributed by atoms with E-state index in [1.807, 2.05) is 25.1 Å². The van der Waals surface area contributed by atoms with Crippen LogP contribution in [-0.4, -0.2) is 21.0 Å².